The van der Waals surface area contributed by atoms with Crippen LogP contribution in [0.4, 0.5) is 0 Å². The molecule has 150 valence electrons. The van der Waals surface area contributed by atoms with Gasteiger partial charge in [-0.1, -0.05) is 19.1 Å². The number of carbonyl (C=O) groups is 2. The van der Waals surface area contributed by atoms with Crippen LogP contribution in [0.25, 0.3) is 5.82 Å². The quantitative estimate of drug-likeness (QED) is 0.686. The van der Waals surface area contributed by atoms with Crippen molar-refractivity contribution in [2.75, 3.05) is 26.2 Å². The second kappa shape index (κ2) is 7.95. The Labute approximate surface area is 170 Å². The summed E-state index contributed by atoms with van der Waals surface area (Å²) in [6.45, 7) is 4.17. The van der Waals surface area contributed by atoms with Crippen molar-refractivity contribution in [3.8, 4) is 5.82 Å². The first-order valence-corrected chi connectivity index (χ1v) is 9.91. The first-order valence-electron chi connectivity index (χ1n) is 9.91. The van der Waals surface area contributed by atoms with Gasteiger partial charge >= 0.3 is 0 Å². The molecule has 0 bridgehead atoms. The molecule has 0 N–H and O–H groups in total. The molecule has 4 rings (SSSR count). The number of aromatic nitrogens is 3. The van der Waals surface area contributed by atoms with Gasteiger partial charge in [0.1, 0.15) is 11.4 Å². The summed E-state index contributed by atoms with van der Waals surface area (Å²) in [5, 5.41) is 4.27. The van der Waals surface area contributed by atoms with Crippen molar-refractivity contribution in [3.63, 3.8) is 0 Å². The van der Waals surface area contributed by atoms with Gasteiger partial charge < -0.3 is 14.4 Å². The maximum absolute atomic E-state index is 13.1. The number of aryl methyl sites for hydroxylation is 2. The number of amides is 2. The molecule has 0 spiro atoms. The van der Waals surface area contributed by atoms with Crippen molar-refractivity contribution in [3.05, 3.63) is 71.7 Å². The summed E-state index contributed by atoms with van der Waals surface area (Å²) in [7, 11) is 1.83. The van der Waals surface area contributed by atoms with Crippen LogP contribution in [-0.4, -0.2) is 62.1 Å². The lowest BCUT2D eigenvalue weighted by Crippen LogP contribution is -2.50. The second-order valence-corrected chi connectivity index (χ2v) is 7.23. The average molecular weight is 391 g/mol. The average Bonchev–Trinajstić information content (AvgIpc) is 3.42. The Bertz CT molecular complexity index is 997. The summed E-state index contributed by atoms with van der Waals surface area (Å²) in [5.74, 6) is 0.713. The number of piperazine rings is 1. The van der Waals surface area contributed by atoms with Crippen molar-refractivity contribution in [2.24, 2.45) is 7.05 Å². The lowest BCUT2D eigenvalue weighted by atomic mass is 10.1. The highest BCUT2D eigenvalue weighted by molar-refractivity contribution is 5.98. The van der Waals surface area contributed by atoms with Gasteiger partial charge in [-0.15, -0.1) is 0 Å². The van der Waals surface area contributed by atoms with Gasteiger partial charge in [-0.3, -0.25) is 14.3 Å². The monoisotopic (exact) mass is 391 g/mol. The van der Waals surface area contributed by atoms with Crippen LogP contribution >= 0.6 is 0 Å². The minimum absolute atomic E-state index is 0.0224. The van der Waals surface area contributed by atoms with E-state index in [1.165, 1.54) is 5.56 Å². The van der Waals surface area contributed by atoms with Crippen molar-refractivity contribution in [1.82, 2.24) is 24.1 Å². The number of nitrogens with zero attached hydrogens (tertiary/aromatic N) is 5. The third-order valence-electron chi connectivity index (χ3n) is 5.45. The van der Waals surface area contributed by atoms with E-state index >= 15 is 0 Å². The summed E-state index contributed by atoms with van der Waals surface area (Å²) in [6, 6.07) is 11.6. The van der Waals surface area contributed by atoms with Crippen molar-refractivity contribution in [1.29, 1.82) is 0 Å². The standard InChI is InChI=1S/C22H25N5O2/c1-3-17-6-8-18(9-7-17)21(28)26-12-14-27(15-13-26)22(29)19-16-23-24(2)20(19)25-10-4-5-11-25/h4-11,16H,3,12-15H2,1-2H3. The summed E-state index contributed by atoms with van der Waals surface area (Å²) < 4.78 is 3.59. The SMILES string of the molecule is CCc1ccc(C(=O)N2CCN(C(=O)c3cnn(C)c3-n3cccc3)CC2)cc1. The molecule has 1 aromatic carbocycles. The smallest absolute Gasteiger partial charge is 0.259 e. The van der Waals surface area contributed by atoms with Gasteiger partial charge in [0.15, 0.2) is 0 Å². The van der Waals surface area contributed by atoms with E-state index in [0.717, 1.165) is 12.2 Å². The molecule has 1 fully saturated rings. The Morgan fingerprint density at radius 3 is 2.10 bits per heavy atom. The molecule has 1 aliphatic rings. The second-order valence-electron chi connectivity index (χ2n) is 7.23. The fraction of sp³-hybridized carbons (Fsp3) is 0.318. The van der Waals surface area contributed by atoms with Crippen LogP contribution in [-0.2, 0) is 13.5 Å². The van der Waals surface area contributed by atoms with Crippen LogP contribution in [0.1, 0.15) is 33.2 Å². The molecule has 3 heterocycles. The molecule has 1 aliphatic heterocycles. The van der Waals surface area contributed by atoms with Gasteiger partial charge in [-0.05, 0) is 36.2 Å². The van der Waals surface area contributed by atoms with Crippen molar-refractivity contribution >= 4 is 11.8 Å². The summed E-state index contributed by atoms with van der Waals surface area (Å²) in [4.78, 5) is 29.5. The van der Waals surface area contributed by atoms with E-state index in [9.17, 15) is 9.59 Å². The number of benzene rings is 1. The zero-order valence-corrected chi connectivity index (χ0v) is 16.8. The minimum atomic E-state index is -0.0544. The zero-order chi connectivity index (χ0) is 20.4. The molecule has 3 aromatic rings. The molecule has 0 atom stereocenters. The van der Waals surface area contributed by atoms with Crippen LogP contribution in [0.3, 0.4) is 0 Å². The van der Waals surface area contributed by atoms with Crippen LogP contribution in [0.2, 0.25) is 0 Å². The van der Waals surface area contributed by atoms with Gasteiger partial charge in [0, 0.05) is 51.2 Å². The Morgan fingerprint density at radius 2 is 1.52 bits per heavy atom. The summed E-state index contributed by atoms with van der Waals surface area (Å²) >= 11 is 0. The number of hydrogen-bond acceptors (Lipinski definition) is 3. The molecule has 1 saturated heterocycles. The Kier molecular flexibility index (Phi) is 5.20. The molecule has 2 amide bonds. The predicted octanol–water partition coefficient (Wildman–Crippen LogP) is 2.37. The van der Waals surface area contributed by atoms with Gasteiger partial charge in [0.05, 0.1) is 6.20 Å². The van der Waals surface area contributed by atoms with E-state index < -0.39 is 0 Å². The third-order valence-corrected chi connectivity index (χ3v) is 5.45. The van der Waals surface area contributed by atoms with Crippen LogP contribution in [0.15, 0.2) is 55.0 Å². The maximum atomic E-state index is 13.1. The molecule has 0 aliphatic carbocycles. The third kappa shape index (κ3) is 3.68. The minimum Gasteiger partial charge on any atom is -0.335 e. The highest BCUT2D eigenvalue weighted by Crippen LogP contribution is 2.18. The van der Waals surface area contributed by atoms with Crippen molar-refractivity contribution < 1.29 is 9.59 Å². The predicted molar refractivity (Wildman–Crippen MR) is 110 cm³/mol. The first-order chi connectivity index (χ1) is 14.1. The largest absolute Gasteiger partial charge is 0.335 e. The van der Waals surface area contributed by atoms with Gasteiger partial charge in [-0.2, -0.15) is 5.10 Å². The number of carbonyl (C=O) groups excluding carboxylic acids is 2. The van der Waals surface area contributed by atoms with E-state index in [2.05, 4.69) is 12.0 Å². The van der Waals surface area contributed by atoms with E-state index in [-0.39, 0.29) is 11.8 Å². The summed E-state index contributed by atoms with van der Waals surface area (Å²) in [6.07, 6.45) is 6.36. The topological polar surface area (TPSA) is 63.4 Å². The molecule has 0 radical (unpaired) electrons. The Morgan fingerprint density at radius 1 is 0.931 bits per heavy atom. The lowest BCUT2D eigenvalue weighted by molar-refractivity contribution is 0.0535. The molecule has 0 unspecified atom stereocenters. The van der Waals surface area contributed by atoms with Crippen LogP contribution < -0.4 is 0 Å². The Hall–Kier alpha value is -3.35. The molecular weight excluding hydrogens is 366 g/mol. The fourth-order valence-corrected chi connectivity index (χ4v) is 3.71. The highest BCUT2D eigenvalue weighted by atomic mass is 16.2. The Balaban J connectivity index is 1.43. The molecule has 0 saturated carbocycles. The van der Waals surface area contributed by atoms with Gasteiger partial charge in [-0.25, -0.2) is 0 Å². The molecule has 29 heavy (non-hydrogen) atoms. The lowest BCUT2D eigenvalue weighted by Gasteiger charge is -2.34. The number of hydrogen-bond donors (Lipinski definition) is 0. The van der Waals surface area contributed by atoms with E-state index in [4.69, 9.17) is 0 Å². The van der Waals surface area contributed by atoms with E-state index in [0.29, 0.717) is 37.3 Å². The van der Waals surface area contributed by atoms with Gasteiger partial charge in [0.25, 0.3) is 11.8 Å². The van der Waals surface area contributed by atoms with E-state index in [1.54, 1.807) is 15.8 Å². The number of rotatable bonds is 4. The molecular formula is C22H25N5O2. The molecule has 7 nitrogen and oxygen atoms in total. The van der Waals surface area contributed by atoms with Crippen molar-refractivity contribution in [2.45, 2.75) is 13.3 Å². The molecule has 7 heteroatoms. The van der Waals surface area contributed by atoms with E-state index in [1.807, 2.05) is 65.3 Å². The fourth-order valence-electron chi connectivity index (χ4n) is 3.71. The van der Waals surface area contributed by atoms with Gasteiger partial charge in [0.2, 0.25) is 0 Å². The summed E-state index contributed by atoms with van der Waals surface area (Å²) in [5.41, 5.74) is 2.48. The highest BCUT2D eigenvalue weighted by Gasteiger charge is 2.28. The zero-order valence-electron chi connectivity index (χ0n) is 16.8. The first kappa shape index (κ1) is 19.0. The van der Waals surface area contributed by atoms with Crippen LogP contribution in [0, 0.1) is 0 Å². The maximum Gasteiger partial charge on any atom is 0.259 e. The normalized spacial score (nSPS) is 14.3. The van der Waals surface area contributed by atoms with Crippen LogP contribution in [0.5, 0.6) is 0 Å². The molecule has 2 aromatic heterocycles.